The molecule has 154 valence electrons. The number of hydrogen-bond acceptors (Lipinski definition) is 6. The minimum absolute atomic E-state index is 0.0409. The van der Waals surface area contributed by atoms with E-state index in [1.165, 1.54) is 6.92 Å². The lowest BCUT2D eigenvalue weighted by atomic mass is 10.0. The molecule has 1 aliphatic rings. The van der Waals surface area contributed by atoms with E-state index >= 15 is 0 Å². The number of hydrogen-bond donors (Lipinski definition) is 1. The molecule has 0 aliphatic carbocycles. The van der Waals surface area contributed by atoms with E-state index in [4.69, 9.17) is 4.74 Å². The van der Waals surface area contributed by atoms with Crippen molar-refractivity contribution >= 4 is 17.5 Å². The van der Waals surface area contributed by atoms with E-state index in [1.807, 2.05) is 18.3 Å². The quantitative estimate of drug-likeness (QED) is 0.721. The number of Topliss-reactive ketones (excluding diaryl/α,β-unsaturated/α-hetero) is 1. The van der Waals surface area contributed by atoms with Gasteiger partial charge in [0.2, 0.25) is 5.91 Å². The Labute approximate surface area is 171 Å². The Hall–Kier alpha value is -2.93. The van der Waals surface area contributed by atoms with Gasteiger partial charge in [-0.05, 0) is 43.8 Å². The van der Waals surface area contributed by atoms with E-state index in [9.17, 15) is 9.59 Å². The maximum atomic E-state index is 12.4. The molecule has 1 aliphatic heterocycles. The number of methoxy groups -OCH3 is 1. The Morgan fingerprint density at radius 1 is 1.14 bits per heavy atom. The van der Waals surface area contributed by atoms with Gasteiger partial charge in [0.25, 0.3) is 0 Å². The smallest absolute Gasteiger partial charge is 0.224 e. The molecular weight excluding hydrogens is 368 g/mol. The number of anilines is 1. The highest BCUT2D eigenvalue weighted by molar-refractivity contribution is 5.94. The van der Waals surface area contributed by atoms with E-state index < -0.39 is 0 Å². The molecule has 0 unspecified atom stereocenters. The summed E-state index contributed by atoms with van der Waals surface area (Å²) >= 11 is 0. The molecular formula is C22H28N4O3. The number of nitrogens with zero attached hydrogens (tertiary/aromatic N) is 3. The fourth-order valence-electron chi connectivity index (χ4n) is 3.32. The molecule has 0 radical (unpaired) electrons. The topological polar surface area (TPSA) is 74.8 Å². The van der Waals surface area contributed by atoms with Crippen molar-refractivity contribution in [2.75, 3.05) is 45.2 Å². The van der Waals surface area contributed by atoms with Crippen molar-refractivity contribution in [3.63, 3.8) is 0 Å². The lowest BCUT2D eigenvalue weighted by Crippen LogP contribution is -2.44. The molecule has 1 aromatic heterocycles. The first kappa shape index (κ1) is 20.8. The highest BCUT2D eigenvalue weighted by atomic mass is 16.5. The van der Waals surface area contributed by atoms with Gasteiger partial charge in [0.1, 0.15) is 11.6 Å². The number of carbonyl (C=O) groups excluding carboxylic acids is 2. The standard InChI is InChI=1S/C22H28N4O3/c1-16(27)18-5-6-20(29-3)19(12-18)13-22(28)24-15-17-4-7-21(23-14-17)26-10-8-25(2)9-11-26/h4-7,12,14H,8-11,13,15H2,1-3H3,(H,24,28). The van der Waals surface area contributed by atoms with Crippen LogP contribution in [0.3, 0.4) is 0 Å². The maximum absolute atomic E-state index is 12.4. The molecule has 3 rings (SSSR count). The number of amides is 1. The SMILES string of the molecule is COc1ccc(C(C)=O)cc1CC(=O)NCc1ccc(N2CCN(C)CC2)nc1. The van der Waals surface area contributed by atoms with Crippen molar-refractivity contribution in [1.29, 1.82) is 0 Å². The summed E-state index contributed by atoms with van der Waals surface area (Å²) in [5.41, 5.74) is 2.21. The van der Waals surface area contributed by atoms with Gasteiger partial charge in [-0.1, -0.05) is 6.07 Å². The molecule has 2 heterocycles. The summed E-state index contributed by atoms with van der Waals surface area (Å²) in [5, 5.41) is 2.91. The van der Waals surface area contributed by atoms with Crippen molar-refractivity contribution in [2.24, 2.45) is 0 Å². The minimum Gasteiger partial charge on any atom is -0.496 e. The van der Waals surface area contributed by atoms with Crippen LogP contribution in [0.1, 0.15) is 28.4 Å². The van der Waals surface area contributed by atoms with Crippen molar-refractivity contribution in [3.8, 4) is 5.75 Å². The predicted octanol–water partition coefficient (Wildman–Crippen LogP) is 1.90. The van der Waals surface area contributed by atoms with Gasteiger partial charge >= 0.3 is 0 Å². The van der Waals surface area contributed by atoms with Crippen LogP contribution >= 0.6 is 0 Å². The Balaban J connectivity index is 1.55. The second kappa shape index (κ2) is 9.52. The molecule has 1 fully saturated rings. The number of pyridine rings is 1. The van der Waals surface area contributed by atoms with E-state index in [1.54, 1.807) is 25.3 Å². The zero-order chi connectivity index (χ0) is 20.8. The molecule has 29 heavy (non-hydrogen) atoms. The molecule has 2 aromatic rings. The van der Waals surface area contributed by atoms with Crippen LogP contribution in [0, 0.1) is 0 Å². The van der Waals surface area contributed by atoms with Crippen molar-refractivity contribution in [1.82, 2.24) is 15.2 Å². The number of piperazine rings is 1. The van der Waals surface area contributed by atoms with E-state index in [-0.39, 0.29) is 18.1 Å². The average Bonchev–Trinajstić information content (AvgIpc) is 2.73. The third-order valence-electron chi connectivity index (χ3n) is 5.16. The van der Waals surface area contributed by atoms with Gasteiger partial charge in [-0.3, -0.25) is 9.59 Å². The van der Waals surface area contributed by atoms with Gasteiger partial charge in [0.15, 0.2) is 5.78 Å². The van der Waals surface area contributed by atoms with Gasteiger partial charge in [0.05, 0.1) is 13.5 Å². The summed E-state index contributed by atoms with van der Waals surface area (Å²) in [7, 11) is 3.68. The third kappa shape index (κ3) is 5.54. The third-order valence-corrected chi connectivity index (χ3v) is 5.16. The number of aromatic nitrogens is 1. The second-order valence-electron chi connectivity index (χ2n) is 7.35. The van der Waals surface area contributed by atoms with Crippen molar-refractivity contribution in [3.05, 3.63) is 53.2 Å². The molecule has 0 atom stereocenters. The van der Waals surface area contributed by atoms with E-state index in [2.05, 4.69) is 27.1 Å². The summed E-state index contributed by atoms with van der Waals surface area (Å²) in [6.45, 7) is 5.93. The molecule has 0 saturated carbocycles. The summed E-state index contributed by atoms with van der Waals surface area (Å²) in [6.07, 6.45) is 1.96. The Morgan fingerprint density at radius 3 is 2.52 bits per heavy atom. The first-order valence-electron chi connectivity index (χ1n) is 9.79. The van der Waals surface area contributed by atoms with Gasteiger partial charge in [-0.15, -0.1) is 0 Å². The lowest BCUT2D eigenvalue weighted by molar-refractivity contribution is -0.120. The van der Waals surface area contributed by atoms with Gasteiger partial charge in [-0.25, -0.2) is 4.98 Å². The predicted molar refractivity (Wildman–Crippen MR) is 112 cm³/mol. The van der Waals surface area contributed by atoms with Crippen LogP contribution in [-0.4, -0.2) is 61.9 Å². The molecule has 1 amide bonds. The van der Waals surface area contributed by atoms with Gasteiger partial charge < -0.3 is 19.9 Å². The second-order valence-corrected chi connectivity index (χ2v) is 7.35. The first-order chi connectivity index (χ1) is 14.0. The summed E-state index contributed by atoms with van der Waals surface area (Å²) < 4.78 is 5.31. The van der Waals surface area contributed by atoms with E-state index in [0.717, 1.165) is 37.6 Å². The Morgan fingerprint density at radius 2 is 1.90 bits per heavy atom. The lowest BCUT2D eigenvalue weighted by Gasteiger charge is -2.33. The van der Waals surface area contributed by atoms with Gasteiger partial charge in [-0.2, -0.15) is 0 Å². The maximum Gasteiger partial charge on any atom is 0.224 e. The summed E-state index contributed by atoms with van der Waals surface area (Å²) in [4.78, 5) is 33.1. The van der Waals surface area contributed by atoms with Crippen LogP contribution in [0.25, 0.3) is 0 Å². The number of ether oxygens (including phenoxy) is 1. The molecule has 7 nitrogen and oxygen atoms in total. The van der Waals surface area contributed by atoms with E-state index in [0.29, 0.717) is 23.4 Å². The Bertz CT molecular complexity index is 859. The molecule has 1 N–H and O–H groups in total. The zero-order valence-corrected chi connectivity index (χ0v) is 17.3. The van der Waals surface area contributed by atoms with Crippen LogP contribution in [0.5, 0.6) is 5.75 Å². The highest BCUT2D eigenvalue weighted by Gasteiger charge is 2.15. The molecule has 0 spiro atoms. The van der Waals surface area contributed by atoms with Crippen LogP contribution in [0.4, 0.5) is 5.82 Å². The monoisotopic (exact) mass is 396 g/mol. The highest BCUT2D eigenvalue weighted by Crippen LogP contribution is 2.21. The number of carbonyl (C=O) groups is 2. The van der Waals surface area contributed by atoms with Crippen molar-refractivity contribution < 1.29 is 14.3 Å². The summed E-state index contributed by atoms with van der Waals surface area (Å²) in [6, 6.07) is 9.15. The fraction of sp³-hybridized carbons (Fsp3) is 0.409. The van der Waals surface area contributed by atoms with Crippen LogP contribution in [0.15, 0.2) is 36.5 Å². The average molecular weight is 396 g/mol. The number of rotatable bonds is 7. The zero-order valence-electron chi connectivity index (χ0n) is 17.3. The van der Waals surface area contributed by atoms with Crippen LogP contribution in [0.2, 0.25) is 0 Å². The Kier molecular flexibility index (Phi) is 6.82. The van der Waals surface area contributed by atoms with Crippen LogP contribution < -0.4 is 15.0 Å². The fourth-order valence-corrected chi connectivity index (χ4v) is 3.32. The largest absolute Gasteiger partial charge is 0.496 e. The minimum atomic E-state index is -0.132. The molecule has 1 saturated heterocycles. The summed E-state index contributed by atoms with van der Waals surface area (Å²) in [5.74, 6) is 1.40. The molecule has 1 aromatic carbocycles. The first-order valence-corrected chi connectivity index (χ1v) is 9.79. The van der Waals surface area contributed by atoms with Gasteiger partial charge in [0, 0.05) is 50.0 Å². The van der Waals surface area contributed by atoms with Crippen molar-refractivity contribution in [2.45, 2.75) is 19.9 Å². The normalized spacial score (nSPS) is 14.5. The molecule has 0 bridgehead atoms. The number of likely N-dealkylation sites (N-methyl/N-ethyl adjacent to an activating group) is 1. The van der Waals surface area contributed by atoms with Crippen LogP contribution in [-0.2, 0) is 17.8 Å². The molecule has 7 heteroatoms. The number of ketones is 1. The number of benzene rings is 1. The number of nitrogens with one attached hydrogen (secondary N) is 1.